The van der Waals surface area contributed by atoms with E-state index >= 15 is 0 Å². The SMILES string of the molecule is Cc1nc(C)nc(Nc2ccc(C)c(C)c2)n1. The van der Waals surface area contributed by atoms with Gasteiger partial charge in [-0.05, 0) is 51.0 Å². The van der Waals surface area contributed by atoms with Crippen LogP contribution in [0.1, 0.15) is 22.8 Å². The molecule has 0 saturated carbocycles. The van der Waals surface area contributed by atoms with E-state index in [1.165, 1.54) is 11.1 Å². The Morgan fingerprint density at radius 1 is 0.824 bits per heavy atom. The Kier molecular flexibility index (Phi) is 3.04. The van der Waals surface area contributed by atoms with Crippen molar-refractivity contribution in [2.75, 3.05) is 5.32 Å². The van der Waals surface area contributed by atoms with Gasteiger partial charge in [-0.15, -0.1) is 0 Å². The second-order valence-corrected chi connectivity index (χ2v) is 4.18. The lowest BCUT2D eigenvalue weighted by Gasteiger charge is -2.08. The highest BCUT2D eigenvalue weighted by atomic mass is 15.2. The van der Waals surface area contributed by atoms with E-state index in [0.29, 0.717) is 5.95 Å². The zero-order chi connectivity index (χ0) is 12.4. The van der Waals surface area contributed by atoms with Gasteiger partial charge in [0.1, 0.15) is 11.6 Å². The molecule has 0 fully saturated rings. The Labute approximate surface area is 101 Å². The second kappa shape index (κ2) is 4.49. The molecule has 1 N–H and O–H groups in total. The third-order valence-corrected chi connectivity index (χ3v) is 2.62. The molecule has 0 spiro atoms. The number of aryl methyl sites for hydroxylation is 4. The van der Waals surface area contributed by atoms with Gasteiger partial charge in [-0.1, -0.05) is 6.07 Å². The molecular formula is C13H16N4. The number of anilines is 2. The van der Waals surface area contributed by atoms with E-state index in [-0.39, 0.29) is 0 Å². The standard InChI is InChI=1S/C13H16N4/c1-8-5-6-12(7-9(8)2)17-13-15-10(3)14-11(4)16-13/h5-7H,1-4H3,(H,14,15,16,17). The van der Waals surface area contributed by atoms with Gasteiger partial charge in [-0.2, -0.15) is 9.97 Å². The van der Waals surface area contributed by atoms with Crippen LogP contribution in [0, 0.1) is 27.7 Å². The molecule has 17 heavy (non-hydrogen) atoms. The molecule has 2 rings (SSSR count). The largest absolute Gasteiger partial charge is 0.324 e. The van der Waals surface area contributed by atoms with Gasteiger partial charge in [0.05, 0.1) is 0 Å². The number of hydrogen-bond acceptors (Lipinski definition) is 4. The summed E-state index contributed by atoms with van der Waals surface area (Å²) < 4.78 is 0. The van der Waals surface area contributed by atoms with Crippen LogP contribution in [0.2, 0.25) is 0 Å². The lowest BCUT2D eigenvalue weighted by Crippen LogP contribution is -2.03. The average Bonchev–Trinajstić information content (AvgIpc) is 2.22. The molecule has 0 unspecified atom stereocenters. The lowest BCUT2D eigenvalue weighted by molar-refractivity contribution is 0.928. The minimum absolute atomic E-state index is 0.596. The molecule has 1 aromatic heterocycles. The summed E-state index contributed by atoms with van der Waals surface area (Å²) in [6.07, 6.45) is 0. The average molecular weight is 228 g/mol. The molecule has 0 aliphatic heterocycles. The molecule has 0 aliphatic carbocycles. The number of benzene rings is 1. The Hall–Kier alpha value is -1.97. The normalized spacial score (nSPS) is 10.4. The fraction of sp³-hybridized carbons (Fsp3) is 0.308. The van der Waals surface area contributed by atoms with Crippen LogP contribution in [0.25, 0.3) is 0 Å². The molecule has 1 aromatic carbocycles. The number of rotatable bonds is 2. The summed E-state index contributed by atoms with van der Waals surface area (Å²) in [7, 11) is 0. The van der Waals surface area contributed by atoms with Crippen molar-refractivity contribution in [3.63, 3.8) is 0 Å². The Morgan fingerprint density at radius 2 is 1.47 bits per heavy atom. The van der Waals surface area contributed by atoms with Gasteiger partial charge in [0, 0.05) is 5.69 Å². The molecule has 0 bridgehead atoms. The number of nitrogens with zero attached hydrogens (tertiary/aromatic N) is 3. The van der Waals surface area contributed by atoms with Gasteiger partial charge >= 0.3 is 0 Å². The number of aromatic nitrogens is 3. The molecule has 0 aliphatic rings. The van der Waals surface area contributed by atoms with Crippen LogP contribution < -0.4 is 5.32 Å². The molecule has 0 saturated heterocycles. The summed E-state index contributed by atoms with van der Waals surface area (Å²) in [5.41, 5.74) is 3.52. The van der Waals surface area contributed by atoms with Crippen LogP contribution in [0.3, 0.4) is 0 Å². The third-order valence-electron chi connectivity index (χ3n) is 2.62. The van der Waals surface area contributed by atoms with Crippen molar-refractivity contribution in [3.05, 3.63) is 41.0 Å². The van der Waals surface area contributed by atoms with Gasteiger partial charge in [0.25, 0.3) is 0 Å². The van der Waals surface area contributed by atoms with Gasteiger partial charge in [0.15, 0.2) is 0 Å². The fourth-order valence-corrected chi connectivity index (χ4v) is 1.62. The molecule has 0 amide bonds. The highest BCUT2D eigenvalue weighted by molar-refractivity contribution is 5.55. The van der Waals surface area contributed by atoms with Crippen LogP contribution >= 0.6 is 0 Å². The monoisotopic (exact) mass is 228 g/mol. The van der Waals surface area contributed by atoms with Gasteiger partial charge in [0.2, 0.25) is 5.95 Å². The van der Waals surface area contributed by atoms with Crippen LogP contribution in [0.5, 0.6) is 0 Å². The Morgan fingerprint density at radius 3 is 2.06 bits per heavy atom. The number of nitrogens with one attached hydrogen (secondary N) is 1. The van der Waals surface area contributed by atoms with Crippen LogP contribution in [-0.2, 0) is 0 Å². The molecular weight excluding hydrogens is 212 g/mol. The van der Waals surface area contributed by atoms with Gasteiger partial charge in [-0.25, -0.2) is 4.98 Å². The first-order valence-electron chi connectivity index (χ1n) is 5.58. The molecule has 2 aromatic rings. The summed E-state index contributed by atoms with van der Waals surface area (Å²) in [5, 5.41) is 3.19. The van der Waals surface area contributed by atoms with Crippen LogP contribution in [-0.4, -0.2) is 15.0 Å². The fourth-order valence-electron chi connectivity index (χ4n) is 1.62. The smallest absolute Gasteiger partial charge is 0.230 e. The van der Waals surface area contributed by atoms with Crippen LogP contribution in [0.4, 0.5) is 11.6 Å². The van der Waals surface area contributed by atoms with Crippen molar-refractivity contribution in [2.45, 2.75) is 27.7 Å². The Balaban J connectivity index is 2.28. The van der Waals surface area contributed by atoms with Crippen molar-refractivity contribution in [3.8, 4) is 0 Å². The maximum absolute atomic E-state index is 4.25. The summed E-state index contributed by atoms with van der Waals surface area (Å²) in [4.78, 5) is 12.6. The molecule has 4 nitrogen and oxygen atoms in total. The van der Waals surface area contributed by atoms with E-state index in [0.717, 1.165) is 17.3 Å². The predicted molar refractivity (Wildman–Crippen MR) is 68.5 cm³/mol. The second-order valence-electron chi connectivity index (χ2n) is 4.18. The lowest BCUT2D eigenvalue weighted by atomic mass is 10.1. The quantitative estimate of drug-likeness (QED) is 0.858. The molecule has 4 heteroatoms. The first-order chi connectivity index (χ1) is 8.04. The van der Waals surface area contributed by atoms with E-state index in [1.807, 2.05) is 19.9 Å². The molecule has 1 heterocycles. The van der Waals surface area contributed by atoms with E-state index in [4.69, 9.17) is 0 Å². The van der Waals surface area contributed by atoms with Crippen molar-refractivity contribution in [1.29, 1.82) is 0 Å². The first-order valence-corrected chi connectivity index (χ1v) is 5.58. The van der Waals surface area contributed by atoms with Crippen molar-refractivity contribution in [1.82, 2.24) is 15.0 Å². The molecule has 0 radical (unpaired) electrons. The summed E-state index contributed by atoms with van der Waals surface area (Å²) >= 11 is 0. The minimum atomic E-state index is 0.596. The summed E-state index contributed by atoms with van der Waals surface area (Å²) in [6, 6.07) is 6.19. The first kappa shape index (κ1) is 11.5. The maximum Gasteiger partial charge on any atom is 0.230 e. The summed E-state index contributed by atoms with van der Waals surface area (Å²) in [5.74, 6) is 2.05. The minimum Gasteiger partial charge on any atom is -0.324 e. The van der Waals surface area contributed by atoms with E-state index in [9.17, 15) is 0 Å². The van der Waals surface area contributed by atoms with Gasteiger partial charge in [-0.3, -0.25) is 0 Å². The van der Waals surface area contributed by atoms with Crippen molar-refractivity contribution in [2.24, 2.45) is 0 Å². The highest BCUT2D eigenvalue weighted by Crippen LogP contribution is 2.17. The van der Waals surface area contributed by atoms with Gasteiger partial charge < -0.3 is 5.32 Å². The predicted octanol–water partition coefficient (Wildman–Crippen LogP) is 2.85. The molecule has 0 atom stereocenters. The topological polar surface area (TPSA) is 50.7 Å². The van der Waals surface area contributed by atoms with Crippen molar-refractivity contribution < 1.29 is 0 Å². The third kappa shape index (κ3) is 2.78. The maximum atomic E-state index is 4.25. The molecule has 88 valence electrons. The Bertz CT molecular complexity index is 529. The highest BCUT2D eigenvalue weighted by Gasteiger charge is 2.02. The summed E-state index contributed by atoms with van der Waals surface area (Å²) in [6.45, 7) is 7.90. The number of hydrogen-bond donors (Lipinski definition) is 1. The van der Waals surface area contributed by atoms with E-state index in [2.05, 4.69) is 46.2 Å². The van der Waals surface area contributed by atoms with Crippen LogP contribution in [0.15, 0.2) is 18.2 Å². The van der Waals surface area contributed by atoms with E-state index < -0.39 is 0 Å². The van der Waals surface area contributed by atoms with Crippen molar-refractivity contribution >= 4 is 11.6 Å². The zero-order valence-electron chi connectivity index (χ0n) is 10.6. The zero-order valence-corrected chi connectivity index (χ0v) is 10.6. The van der Waals surface area contributed by atoms with E-state index in [1.54, 1.807) is 0 Å².